The van der Waals surface area contributed by atoms with Crippen LogP contribution in [0.2, 0.25) is 0 Å². The predicted molar refractivity (Wildman–Crippen MR) is 90.1 cm³/mol. The highest BCUT2D eigenvalue weighted by Gasteiger charge is 2.34. The summed E-state index contributed by atoms with van der Waals surface area (Å²) in [6.07, 6.45) is 5.38. The topological polar surface area (TPSA) is 86.5 Å². The maximum absolute atomic E-state index is 10.8. The van der Waals surface area contributed by atoms with Gasteiger partial charge in [-0.3, -0.25) is 0 Å². The number of piperidine rings is 1. The minimum Gasteiger partial charge on any atom is -0.476 e. The first kappa shape index (κ1) is 16.4. The summed E-state index contributed by atoms with van der Waals surface area (Å²) in [5.41, 5.74) is 1.09. The van der Waals surface area contributed by atoms with Crippen molar-refractivity contribution in [3.63, 3.8) is 0 Å². The third-order valence-corrected chi connectivity index (χ3v) is 4.76. The van der Waals surface area contributed by atoms with Gasteiger partial charge in [0.15, 0.2) is 5.69 Å². The van der Waals surface area contributed by atoms with Gasteiger partial charge < -0.3 is 15.1 Å². The van der Waals surface area contributed by atoms with Gasteiger partial charge in [0.05, 0.1) is 12.4 Å². The molecule has 2 aromatic rings. The van der Waals surface area contributed by atoms with Gasteiger partial charge in [0.1, 0.15) is 5.82 Å². The Morgan fingerprint density at radius 3 is 2.38 bits per heavy atom. The van der Waals surface area contributed by atoms with Crippen LogP contribution >= 0.6 is 0 Å². The Morgan fingerprint density at radius 1 is 1.12 bits per heavy atom. The Kier molecular flexibility index (Phi) is 4.76. The van der Waals surface area contributed by atoms with Gasteiger partial charge in [0.2, 0.25) is 0 Å². The summed E-state index contributed by atoms with van der Waals surface area (Å²) >= 11 is 0. The van der Waals surface area contributed by atoms with E-state index in [1.807, 2.05) is 18.2 Å². The molecule has 1 aromatic heterocycles. The zero-order chi connectivity index (χ0) is 17.0. The van der Waals surface area contributed by atoms with Crippen LogP contribution in [0.15, 0.2) is 42.7 Å². The molecule has 24 heavy (non-hydrogen) atoms. The molecule has 1 aromatic carbocycles. The number of rotatable bonds is 5. The summed E-state index contributed by atoms with van der Waals surface area (Å²) in [5, 5.41) is 18.8. The standard InChI is InChI=1S/C18H21N3O3/c22-13-18(10-14-4-2-1-3-5-14)6-8-21(9-7-18)16-12-19-15(11-20-16)17(23)24/h1-5,11-12,22H,6-10,13H2,(H,23,24). The number of anilines is 1. The van der Waals surface area contributed by atoms with Crippen LogP contribution in [0.25, 0.3) is 0 Å². The normalized spacial score (nSPS) is 16.8. The third kappa shape index (κ3) is 3.54. The minimum absolute atomic E-state index is 0.0513. The van der Waals surface area contributed by atoms with Gasteiger partial charge in [-0.05, 0) is 24.8 Å². The average molecular weight is 327 g/mol. The van der Waals surface area contributed by atoms with E-state index in [2.05, 4.69) is 27.0 Å². The van der Waals surface area contributed by atoms with Gasteiger partial charge in [-0.25, -0.2) is 14.8 Å². The predicted octanol–water partition coefficient (Wildman–Crippen LogP) is 2.00. The van der Waals surface area contributed by atoms with Gasteiger partial charge in [-0.2, -0.15) is 0 Å². The zero-order valence-electron chi connectivity index (χ0n) is 13.4. The number of carboxylic acid groups (broad SMARTS) is 1. The Bertz CT molecular complexity index is 680. The number of aliphatic hydroxyl groups is 1. The zero-order valence-corrected chi connectivity index (χ0v) is 13.4. The SMILES string of the molecule is O=C(O)c1cnc(N2CCC(CO)(Cc3ccccc3)CC2)cn1. The lowest BCUT2D eigenvalue weighted by atomic mass is 9.74. The Balaban J connectivity index is 1.66. The number of carbonyl (C=O) groups is 1. The summed E-state index contributed by atoms with van der Waals surface area (Å²) < 4.78 is 0. The maximum atomic E-state index is 10.8. The van der Waals surface area contributed by atoms with E-state index in [1.54, 1.807) is 0 Å². The van der Waals surface area contributed by atoms with Crippen molar-refractivity contribution in [3.05, 3.63) is 54.0 Å². The van der Waals surface area contributed by atoms with Crippen LogP contribution in [0.4, 0.5) is 5.82 Å². The van der Waals surface area contributed by atoms with Crippen LogP contribution < -0.4 is 4.90 Å². The summed E-state index contributed by atoms with van der Waals surface area (Å²) in [6, 6.07) is 10.2. The van der Waals surface area contributed by atoms with Crippen molar-refractivity contribution in [1.29, 1.82) is 0 Å². The molecule has 1 aliphatic rings. The van der Waals surface area contributed by atoms with Gasteiger partial charge >= 0.3 is 5.97 Å². The fraction of sp³-hybridized carbons (Fsp3) is 0.389. The molecule has 0 saturated carbocycles. The van der Waals surface area contributed by atoms with E-state index in [0.717, 1.165) is 32.4 Å². The van der Waals surface area contributed by atoms with E-state index in [1.165, 1.54) is 18.0 Å². The number of aromatic carboxylic acids is 1. The minimum atomic E-state index is -1.07. The van der Waals surface area contributed by atoms with Gasteiger partial charge in [-0.1, -0.05) is 30.3 Å². The number of hydrogen-bond acceptors (Lipinski definition) is 5. The summed E-state index contributed by atoms with van der Waals surface area (Å²) in [7, 11) is 0. The molecule has 0 amide bonds. The third-order valence-electron chi connectivity index (χ3n) is 4.76. The molecule has 0 bridgehead atoms. The first-order valence-electron chi connectivity index (χ1n) is 8.07. The Labute approximate surface area is 140 Å². The van der Waals surface area contributed by atoms with Crippen molar-refractivity contribution >= 4 is 11.8 Å². The molecule has 0 unspecified atom stereocenters. The highest BCUT2D eigenvalue weighted by atomic mass is 16.4. The van der Waals surface area contributed by atoms with Crippen LogP contribution in [0.3, 0.4) is 0 Å². The molecule has 1 aliphatic heterocycles. The molecule has 0 spiro atoms. The van der Waals surface area contributed by atoms with Crippen molar-refractivity contribution in [2.24, 2.45) is 5.41 Å². The molecule has 126 valence electrons. The van der Waals surface area contributed by atoms with Crippen LogP contribution in [0, 0.1) is 5.41 Å². The van der Waals surface area contributed by atoms with E-state index in [9.17, 15) is 9.90 Å². The molecule has 1 saturated heterocycles. The van der Waals surface area contributed by atoms with Crippen molar-refractivity contribution < 1.29 is 15.0 Å². The van der Waals surface area contributed by atoms with Crippen molar-refractivity contribution in [2.45, 2.75) is 19.3 Å². The van der Waals surface area contributed by atoms with Crippen LogP contribution in [-0.2, 0) is 6.42 Å². The van der Waals surface area contributed by atoms with E-state index in [4.69, 9.17) is 5.11 Å². The first-order chi connectivity index (χ1) is 11.6. The van der Waals surface area contributed by atoms with Crippen LogP contribution in [0.5, 0.6) is 0 Å². The van der Waals surface area contributed by atoms with Crippen LogP contribution in [0.1, 0.15) is 28.9 Å². The lowest BCUT2D eigenvalue weighted by Gasteiger charge is -2.41. The first-order valence-corrected chi connectivity index (χ1v) is 8.07. The number of hydrogen-bond donors (Lipinski definition) is 2. The highest BCUT2D eigenvalue weighted by Crippen LogP contribution is 2.35. The summed E-state index contributed by atoms with van der Waals surface area (Å²) in [6.45, 7) is 1.71. The number of nitrogens with zero attached hydrogens (tertiary/aromatic N) is 3. The summed E-state index contributed by atoms with van der Waals surface area (Å²) in [4.78, 5) is 21.1. The second kappa shape index (κ2) is 6.97. The number of aromatic nitrogens is 2. The average Bonchev–Trinajstić information content (AvgIpc) is 2.63. The molecule has 6 heteroatoms. The maximum Gasteiger partial charge on any atom is 0.356 e. The number of aliphatic hydroxyl groups excluding tert-OH is 1. The van der Waals surface area contributed by atoms with E-state index in [0.29, 0.717) is 5.82 Å². The largest absolute Gasteiger partial charge is 0.476 e. The smallest absolute Gasteiger partial charge is 0.356 e. The molecular formula is C18H21N3O3. The molecule has 0 radical (unpaired) electrons. The van der Waals surface area contributed by atoms with Gasteiger partial charge in [0.25, 0.3) is 0 Å². The van der Waals surface area contributed by atoms with E-state index >= 15 is 0 Å². The van der Waals surface area contributed by atoms with Crippen molar-refractivity contribution in [1.82, 2.24) is 9.97 Å². The lowest BCUT2D eigenvalue weighted by molar-refractivity contribution is 0.0690. The van der Waals surface area contributed by atoms with Crippen molar-refractivity contribution in [3.8, 4) is 0 Å². The van der Waals surface area contributed by atoms with Gasteiger partial charge in [-0.15, -0.1) is 0 Å². The Morgan fingerprint density at radius 2 is 1.83 bits per heavy atom. The van der Waals surface area contributed by atoms with E-state index < -0.39 is 5.97 Å². The molecule has 2 heterocycles. The number of carboxylic acids is 1. The van der Waals surface area contributed by atoms with Gasteiger partial charge in [0, 0.05) is 25.1 Å². The highest BCUT2D eigenvalue weighted by molar-refractivity contribution is 5.84. The molecule has 0 aliphatic carbocycles. The monoisotopic (exact) mass is 327 g/mol. The van der Waals surface area contributed by atoms with Crippen LogP contribution in [-0.4, -0.2) is 45.8 Å². The fourth-order valence-electron chi connectivity index (χ4n) is 3.22. The molecule has 2 N–H and O–H groups in total. The number of benzene rings is 1. The second-order valence-corrected chi connectivity index (χ2v) is 6.37. The lowest BCUT2D eigenvalue weighted by Crippen LogP contribution is -2.43. The molecule has 6 nitrogen and oxygen atoms in total. The fourth-order valence-corrected chi connectivity index (χ4v) is 3.22. The molecule has 3 rings (SSSR count). The summed E-state index contributed by atoms with van der Waals surface area (Å²) in [5.74, 6) is -0.388. The van der Waals surface area contributed by atoms with Crippen molar-refractivity contribution in [2.75, 3.05) is 24.6 Å². The van der Waals surface area contributed by atoms with E-state index in [-0.39, 0.29) is 17.7 Å². The Hall–Kier alpha value is -2.47. The molecular weight excluding hydrogens is 306 g/mol. The quantitative estimate of drug-likeness (QED) is 0.873. The molecule has 0 atom stereocenters. The molecule has 1 fully saturated rings. The second-order valence-electron chi connectivity index (χ2n) is 6.37.